The predicted octanol–water partition coefficient (Wildman–Crippen LogP) is 3.44. The molecule has 1 rings (SSSR count). The van der Waals surface area contributed by atoms with Crippen LogP contribution < -0.4 is 4.72 Å². The van der Waals surface area contributed by atoms with Crippen molar-refractivity contribution in [2.45, 2.75) is 64.0 Å². The Morgan fingerprint density at radius 3 is 2.39 bits per heavy atom. The Balaban J connectivity index is 2.45. The van der Waals surface area contributed by atoms with E-state index in [2.05, 4.69) is 34.5 Å². The van der Waals surface area contributed by atoms with Crippen LogP contribution in [0.1, 0.15) is 58.8 Å². The summed E-state index contributed by atoms with van der Waals surface area (Å²) in [7, 11) is -3.10. The maximum absolute atomic E-state index is 12.2. The van der Waals surface area contributed by atoms with Crippen molar-refractivity contribution in [3.63, 3.8) is 0 Å². The molecule has 1 saturated carbocycles. The van der Waals surface area contributed by atoms with Crippen molar-refractivity contribution in [2.24, 2.45) is 5.41 Å². The van der Waals surface area contributed by atoms with Gasteiger partial charge >= 0.3 is 0 Å². The molecule has 0 aliphatic heterocycles. The Bertz CT molecular complexity index is 335. The molecule has 18 heavy (non-hydrogen) atoms. The van der Waals surface area contributed by atoms with Crippen LogP contribution in [0.2, 0.25) is 0 Å². The van der Waals surface area contributed by atoms with Crippen LogP contribution in [0.25, 0.3) is 0 Å². The van der Waals surface area contributed by atoms with Crippen LogP contribution in [-0.2, 0) is 10.0 Å². The summed E-state index contributed by atoms with van der Waals surface area (Å²) < 4.78 is 27.2. The maximum atomic E-state index is 12.2. The van der Waals surface area contributed by atoms with E-state index in [0.717, 1.165) is 43.9 Å². The fourth-order valence-corrected chi connectivity index (χ4v) is 4.48. The summed E-state index contributed by atoms with van der Waals surface area (Å²) in [6.45, 7) is 4.80. The van der Waals surface area contributed by atoms with Gasteiger partial charge in [0.05, 0.1) is 5.25 Å². The van der Waals surface area contributed by atoms with Crippen LogP contribution in [0.3, 0.4) is 0 Å². The van der Waals surface area contributed by atoms with Gasteiger partial charge in [-0.25, -0.2) is 13.1 Å². The summed E-state index contributed by atoms with van der Waals surface area (Å²) in [6, 6.07) is 0. The number of halogens is 1. The monoisotopic (exact) mass is 339 g/mol. The highest BCUT2D eigenvalue weighted by Gasteiger charge is 2.29. The van der Waals surface area contributed by atoms with Crippen molar-refractivity contribution in [2.75, 3.05) is 11.9 Å². The van der Waals surface area contributed by atoms with E-state index in [-0.39, 0.29) is 10.7 Å². The van der Waals surface area contributed by atoms with Crippen molar-refractivity contribution in [1.29, 1.82) is 0 Å². The smallest absolute Gasteiger partial charge is 0.214 e. The topological polar surface area (TPSA) is 46.2 Å². The molecule has 0 amide bonds. The predicted molar refractivity (Wildman–Crippen MR) is 80.6 cm³/mol. The van der Waals surface area contributed by atoms with Crippen molar-refractivity contribution in [3.05, 3.63) is 0 Å². The lowest BCUT2D eigenvalue weighted by Gasteiger charge is -2.27. The van der Waals surface area contributed by atoms with E-state index in [1.807, 2.05) is 0 Å². The van der Waals surface area contributed by atoms with Gasteiger partial charge < -0.3 is 0 Å². The molecule has 1 fully saturated rings. The third-order valence-corrected chi connectivity index (χ3v) is 6.19. The zero-order chi connectivity index (χ0) is 13.6. The third-order valence-electron chi connectivity index (χ3n) is 3.73. The number of alkyl halides is 1. The van der Waals surface area contributed by atoms with Crippen LogP contribution in [-0.4, -0.2) is 25.5 Å². The van der Waals surface area contributed by atoms with Gasteiger partial charge in [-0.2, -0.15) is 0 Å². The molecule has 0 unspecified atom stereocenters. The van der Waals surface area contributed by atoms with E-state index >= 15 is 0 Å². The molecule has 0 radical (unpaired) electrons. The van der Waals surface area contributed by atoms with Crippen molar-refractivity contribution in [3.8, 4) is 0 Å². The average molecular weight is 340 g/mol. The van der Waals surface area contributed by atoms with Gasteiger partial charge in [0.15, 0.2) is 0 Å². The summed E-state index contributed by atoms with van der Waals surface area (Å²) in [6.07, 6.45) is 7.07. The van der Waals surface area contributed by atoms with Gasteiger partial charge in [0.1, 0.15) is 0 Å². The van der Waals surface area contributed by atoms with Gasteiger partial charge in [-0.15, -0.1) is 0 Å². The van der Waals surface area contributed by atoms with Gasteiger partial charge in [0, 0.05) is 11.9 Å². The Morgan fingerprint density at radius 1 is 1.22 bits per heavy atom. The number of hydrogen-bond acceptors (Lipinski definition) is 2. The Morgan fingerprint density at radius 2 is 1.83 bits per heavy atom. The minimum absolute atomic E-state index is 0.0372. The molecule has 0 bridgehead atoms. The molecule has 3 nitrogen and oxygen atoms in total. The van der Waals surface area contributed by atoms with Crippen molar-refractivity contribution in [1.82, 2.24) is 4.72 Å². The molecule has 5 heteroatoms. The standard InChI is InChI=1S/C13H26BrNO2S/c1-13(2,9-6-10-14)11-15-18(16,17)12-7-4-3-5-8-12/h12,15H,3-11H2,1-2H3. The van der Waals surface area contributed by atoms with Crippen LogP contribution >= 0.6 is 15.9 Å². The molecule has 108 valence electrons. The highest BCUT2D eigenvalue weighted by atomic mass is 79.9. The first-order valence-electron chi connectivity index (χ1n) is 6.92. The van der Waals surface area contributed by atoms with Crippen LogP contribution in [0, 0.1) is 5.41 Å². The second kappa shape index (κ2) is 7.25. The lowest BCUT2D eigenvalue weighted by Crippen LogP contribution is -2.40. The minimum atomic E-state index is -3.10. The van der Waals surface area contributed by atoms with E-state index < -0.39 is 10.0 Å². The Kier molecular flexibility index (Phi) is 6.62. The van der Waals surface area contributed by atoms with Gasteiger partial charge in [-0.1, -0.05) is 49.0 Å². The molecule has 1 aliphatic carbocycles. The highest BCUT2D eigenvalue weighted by molar-refractivity contribution is 9.09. The molecule has 1 N–H and O–H groups in total. The summed E-state index contributed by atoms with van der Waals surface area (Å²) in [5.41, 5.74) is 0.0372. The summed E-state index contributed by atoms with van der Waals surface area (Å²) >= 11 is 3.42. The molecule has 0 atom stereocenters. The fraction of sp³-hybridized carbons (Fsp3) is 1.00. The van der Waals surface area contributed by atoms with Crippen molar-refractivity contribution >= 4 is 26.0 Å². The molecule has 0 aromatic rings. The summed E-state index contributed by atoms with van der Waals surface area (Å²) in [5.74, 6) is 0. The first kappa shape index (κ1) is 16.4. The van der Waals surface area contributed by atoms with Gasteiger partial charge in [-0.05, 0) is 31.1 Å². The van der Waals surface area contributed by atoms with E-state index in [1.54, 1.807) is 0 Å². The van der Waals surface area contributed by atoms with Crippen LogP contribution in [0.15, 0.2) is 0 Å². The quantitative estimate of drug-likeness (QED) is 0.722. The van der Waals surface area contributed by atoms with Crippen LogP contribution in [0.4, 0.5) is 0 Å². The van der Waals surface area contributed by atoms with E-state index in [1.165, 1.54) is 6.42 Å². The molecule has 0 spiro atoms. The van der Waals surface area contributed by atoms with E-state index in [0.29, 0.717) is 6.54 Å². The Hall–Kier alpha value is 0.390. The molecule has 0 saturated heterocycles. The zero-order valence-electron chi connectivity index (χ0n) is 11.5. The number of nitrogens with one attached hydrogen (secondary N) is 1. The molecule has 0 aromatic heterocycles. The molecule has 0 aromatic carbocycles. The van der Waals surface area contributed by atoms with Gasteiger partial charge in [-0.3, -0.25) is 0 Å². The lowest BCUT2D eigenvalue weighted by molar-refractivity contribution is 0.330. The second-order valence-corrected chi connectivity index (χ2v) is 8.92. The van der Waals surface area contributed by atoms with Crippen LogP contribution in [0.5, 0.6) is 0 Å². The maximum Gasteiger partial charge on any atom is 0.214 e. The summed E-state index contributed by atoms with van der Waals surface area (Å²) in [5, 5.41) is 0.824. The third kappa shape index (κ3) is 5.57. The molecular formula is C13H26BrNO2S. The first-order chi connectivity index (χ1) is 8.37. The SMILES string of the molecule is CC(C)(CCCBr)CNS(=O)(=O)C1CCCCC1. The minimum Gasteiger partial charge on any atom is -0.214 e. The molecular weight excluding hydrogens is 314 g/mol. The molecule has 1 aliphatic rings. The Labute approximate surface area is 120 Å². The highest BCUT2D eigenvalue weighted by Crippen LogP contribution is 2.25. The van der Waals surface area contributed by atoms with Gasteiger partial charge in [0.25, 0.3) is 0 Å². The number of hydrogen-bond donors (Lipinski definition) is 1. The van der Waals surface area contributed by atoms with Gasteiger partial charge in [0.2, 0.25) is 10.0 Å². The first-order valence-corrected chi connectivity index (χ1v) is 9.59. The van der Waals surface area contributed by atoms with E-state index in [4.69, 9.17) is 0 Å². The zero-order valence-corrected chi connectivity index (χ0v) is 13.9. The summed E-state index contributed by atoms with van der Waals surface area (Å²) in [4.78, 5) is 0. The largest absolute Gasteiger partial charge is 0.214 e. The molecule has 0 heterocycles. The average Bonchev–Trinajstić information content (AvgIpc) is 2.36. The number of sulfonamides is 1. The number of rotatable bonds is 7. The van der Waals surface area contributed by atoms with Crippen molar-refractivity contribution < 1.29 is 8.42 Å². The fourth-order valence-electron chi connectivity index (χ4n) is 2.42. The van der Waals surface area contributed by atoms with E-state index in [9.17, 15) is 8.42 Å². The normalized spacial score (nSPS) is 19.1. The second-order valence-electron chi connectivity index (χ2n) is 6.08. The lowest BCUT2D eigenvalue weighted by atomic mass is 9.88.